The van der Waals surface area contributed by atoms with Crippen LogP contribution in [0.25, 0.3) is 0 Å². The largest absolute Gasteiger partial charge is 0.492 e. The number of thiophene rings is 1. The van der Waals surface area contributed by atoms with Crippen molar-refractivity contribution >= 4 is 11.3 Å². The van der Waals surface area contributed by atoms with Crippen LogP contribution in [0.3, 0.4) is 0 Å². The molecule has 96 valence electrons. The topological polar surface area (TPSA) is 48.1 Å². The minimum atomic E-state index is 0.0187. The van der Waals surface area contributed by atoms with Crippen LogP contribution < -0.4 is 10.5 Å². The Morgan fingerprint density at radius 3 is 2.89 bits per heavy atom. The second-order valence-electron chi connectivity index (χ2n) is 4.11. The van der Waals surface area contributed by atoms with Crippen LogP contribution in [-0.2, 0) is 6.42 Å². The average molecular weight is 262 g/mol. The zero-order chi connectivity index (χ0) is 12.8. The van der Waals surface area contributed by atoms with Gasteiger partial charge in [0, 0.05) is 17.3 Å². The number of hydrogen-bond acceptors (Lipinski definition) is 4. The first-order chi connectivity index (χ1) is 8.79. The summed E-state index contributed by atoms with van der Waals surface area (Å²) in [6.07, 6.45) is 3.58. The lowest BCUT2D eigenvalue weighted by atomic mass is 10.1. The highest BCUT2D eigenvalue weighted by molar-refractivity contribution is 7.09. The maximum absolute atomic E-state index is 5.91. The molecule has 0 saturated heterocycles. The molecule has 1 unspecified atom stereocenters. The lowest BCUT2D eigenvalue weighted by Gasteiger charge is -2.09. The number of ether oxygens (including phenoxy) is 1. The van der Waals surface area contributed by atoms with E-state index in [1.54, 1.807) is 17.5 Å². The lowest BCUT2D eigenvalue weighted by molar-refractivity contribution is 0.321. The van der Waals surface area contributed by atoms with Gasteiger partial charge in [0.05, 0.1) is 18.5 Å². The van der Waals surface area contributed by atoms with Gasteiger partial charge in [0.25, 0.3) is 0 Å². The van der Waals surface area contributed by atoms with Crippen LogP contribution in [-0.4, -0.2) is 11.6 Å². The molecule has 18 heavy (non-hydrogen) atoms. The molecule has 2 aromatic heterocycles. The molecule has 0 aliphatic carbocycles. The number of nitrogens with two attached hydrogens (primary N) is 1. The number of aromatic nitrogens is 1. The van der Waals surface area contributed by atoms with Gasteiger partial charge < -0.3 is 10.5 Å². The van der Waals surface area contributed by atoms with Crippen molar-refractivity contribution < 1.29 is 4.74 Å². The highest BCUT2D eigenvalue weighted by Gasteiger charge is 2.04. The summed E-state index contributed by atoms with van der Waals surface area (Å²) in [7, 11) is 0. The van der Waals surface area contributed by atoms with Gasteiger partial charge in [-0.15, -0.1) is 11.3 Å². The molecule has 0 aromatic carbocycles. The predicted molar refractivity (Wildman–Crippen MR) is 75.0 cm³/mol. The molecule has 2 N–H and O–H groups in total. The van der Waals surface area contributed by atoms with Crippen molar-refractivity contribution in [1.82, 2.24) is 4.98 Å². The van der Waals surface area contributed by atoms with Crippen LogP contribution in [0.15, 0.2) is 35.8 Å². The Morgan fingerprint density at radius 2 is 2.28 bits per heavy atom. The van der Waals surface area contributed by atoms with Gasteiger partial charge in [0.2, 0.25) is 0 Å². The molecule has 4 heteroatoms. The highest BCUT2D eigenvalue weighted by Crippen LogP contribution is 2.16. The Labute approximate surface area is 112 Å². The van der Waals surface area contributed by atoms with Gasteiger partial charge in [-0.1, -0.05) is 13.0 Å². The molecule has 2 heterocycles. The van der Waals surface area contributed by atoms with E-state index >= 15 is 0 Å². The molecule has 0 aliphatic heterocycles. The predicted octanol–water partition coefficient (Wildman–Crippen LogP) is 3.17. The van der Waals surface area contributed by atoms with Crippen LogP contribution in [0.2, 0.25) is 0 Å². The summed E-state index contributed by atoms with van der Waals surface area (Å²) in [4.78, 5) is 5.66. The molecule has 0 aliphatic rings. The van der Waals surface area contributed by atoms with Crippen LogP contribution in [0.4, 0.5) is 0 Å². The number of hydrogen-bond donors (Lipinski definition) is 1. The summed E-state index contributed by atoms with van der Waals surface area (Å²) in [5, 5.41) is 2.08. The first-order valence-corrected chi connectivity index (χ1v) is 7.04. The van der Waals surface area contributed by atoms with E-state index < -0.39 is 0 Å². The molecule has 0 fully saturated rings. The molecule has 2 rings (SSSR count). The summed E-state index contributed by atoms with van der Waals surface area (Å²) >= 11 is 1.76. The van der Waals surface area contributed by atoms with E-state index in [-0.39, 0.29) is 6.04 Å². The molecule has 1 atom stereocenters. The van der Waals surface area contributed by atoms with Crippen LogP contribution in [0.5, 0.6) is 5.75 Å². The Kier molecular flexibility index (Phi) is 4.73. The molecule has 0 spiro atoms. The quantitative estimate of drug-likeness (QED) is 0.869. The maximum Gasteiger partial charge on any atom is 0.137 e. The number of nitrogens with zero attached hydrogens (tertiary/aromatic N) is 1. The van der Waals surface area contributed by atoms with Gasteiger partial charge in [-0.3, -0.25) is 4.98 Å². The third kappa shape index (κ3) is 3.55. The standard InChI is InChI=1S/C14H18N2OS/c1-2-13(15)14-6-5-11(10-16-14)17-8-7-12-4-3-9-18-12/h3-6,9-10,13H,2,7-8,15H2,1H3. The van der Waals surface area contributed by atoms with Crippen molar-refractivity contribution in [2.45, 2.75) is 25.8 Å². The summed E-state index contributed by atoms with van der Waals surface area (Å²) in [5.41, 5.74) is 6.83. The molecule has 0 radical (unpaired) electrons. The molecule has 3 nitrogen and oxygen atoms in total. The summed E-state index contributed by atoms with van der Waals surface area (Å²) < 4.78 is 5.65. The molecular weight excluding hydrogens is 244 g/mol. The zero-order valence-electron chi connectivity index (χ0n) is 10.5. The first-order valence-electron chi connectivity index (χ1n) is 6.16. The van der Waals surface area contributed by atoms with Crippen molar-refractivity contribution in [2.24, 2.45) is 5.73 Å². The van der Waals surface area contributed by atoms with E-state index in [0.29, 0.717) is 6.61 Å². The second-order valence-corrected chi connectivity index (χ2v) is 5.14. The third-order valence-corrected chi connectivity index (χ3v) is 3.71. The summed E-state index contributed by atoms with van der Waals surface area (Å²) in [5.74, 6) is 0.804. The fourth-order valence-corrected chi connectivity index (χ4v) is 2.32. The third-order valence-electron chi connectivity index (χ3n) is 2.78. The molecule has 0 bridgehead atoms. The normalized spacial score (nSPS) is 12.3. The van der Waals surface area contributed by atoms with Crippen LogP contribution in [0, 0.1) is 0 Å². The Hall–Kier alpha value is -1.39. The van der Waals surface area contributed by atoms with E-state index in [1.807, 2.05) is 12.1 Å². The van der Waals surface area contributed by atoms with Gasteiger partial charge in [-0.25, -0.2) is 0 Å². The Balaban J connectivity index is 1.83. The van der Waals surface area contributed by atoms with Crippen molar-refractivity contribution in [1.29, 1.82) is 0 Å². The van der Waals surface area contributed by atoms with Gasteiger partial charge in [-0.05, 0) is 30.0 Å². The van der Waals surface area contributed by atoms with E-state index in [2.05, 4.69) is 29.4 Å². The van der Waals surface area contributed by atoms with E-state index in [0.717, 1.165) is 24.3 Å². The first kappa shape index (κ1) is 13.1. The minimum absolute atomic E-state index is 0.0187. The van der Waals surface area contributed by atoms with Crippen molar-refractivity contribution in [3.63, 3.8) is 0 Å². The summed E-state index contributed by atoms with van der Waals surface area (Å²) in [6, 6.07) is 8.07. The second kappa shape index (κ2) is 6.52. The van der Waals surface area contributed by atoms with Crippen LogP contribution >= 0.6 is 11.3 Å². The summed E-state index contributed by atoms with van der Waals surface area (Å²) in [6.45, 7) is 2.74. The van der Waals surface area contributed by atoms with Crippen LogP contribution in [0.1, 0.15) is 30.0 Å². The van der Waals surface area contributed by atoms with Gasteiger partial charge >= 0.3 is 0 Å². The van der Waals surface area contributed by atoms with Crippen molar-refractivity contribution in [2.75, 3.05) is 6.61 Å². The fourth-order valence-electron chi connectivity index (χ4n) is 1.63. The number of rotatable bonds is 6. The van der Waals surface area contributed by atoms with Gasteiger partial charge in [-0.2, -0.15) is 0 Å². The highest BCUT2D eigenvalue weighted by atomic mass is 32.1. The molecule has 2 aromatic rings. The van der Waals surface area contributed by atoms with Gasteiger partial charge in [0.15, 0.2) is 0 Å². The monoisotopic (exact) mass is 262 g/mol. The Bertz CT molecular complexity index is 453. The fraction of sp³-hybridized carbons (Fsp3) is 0.357. The molecule has 0 saturated carbocycles. The van der Waals surface area contributed by atoms with E-state index in [4.69, 9.17) is 10.5 Å². The zero-order valence-corrected chi connectivity index (χ0v) is 11.3. The smallest absolute Gasteiger partial charge is 0.137 e. The van der Waals surface area contributed by atoms with E-state index in [9.17, 15) is 0 Å². The number of pyridine rings is 1. The minimum Gasteiger partial charge on any atom is -0.492 e. The Morgan fingerprint density at radius 1 is 1.39 bits per heavy atom. The molecular formula is C14H18N2OS. The SMILES string of the molecule is CCC(N)c1ccc(OCCc2cccs2)cn1. The molecule has 0 amide bonds. The van der Waals surface area contributed by atoms with Crippen molar-refractivity contribution in [3.8, 4) is 5.75 Å². The van der Waals surface area contributed by atoms with Crippen molar-refractivity contribution in [3.05, 3.63) is 46.4 Å². The maximum atomic E-state index is 5.91. The lowest BCUT2D eigenvalue weighted by Crippen LogP contribution is -2.10. The average Bonchev–Trinajstić information content (AvgIpc) is 2.92. The van der Waals surface area contributed by atoms with E-state index in [1.165, 1.54) is 4.88 Å². The van der Waals surface area contributed by atoms with Gasteiger partial charge in [0.1, 0.15) is 5.75 Å².